The SMILES string of the molecule is Cn1cccc(C(=O)NCCn2ncc3c(=O)n(Cc4cccc(F)c4)cnc32)c1=O. The molecule has 4 aromatic rings. The number of rotatable bonds is 6. The zero-order valence-corrected chi connectivity index (χ0v) is 16.7. The Bertz CT molecular complexity index is 1390. The van der Waals surface area contributed by atoms with Crippen LogP contribution in [0.5, 0.6) is 0 Å². The zero-order chi connectivity index (χ0) is 22.0. The minimum Gasteiger partial charge on any atom is -0.350 e. The van der Waals surface area contributed by atoms with Crippen LogP contribution in [0.4, 0.5) is 4.39 Å². The van der Waals surface area contributed by atoms with Crippen molar-refractivity contribution in [1.29, 1.82) is 0 Å². The molecule has 0 radical (unpaired) electrons. The average molecular weight is 422 g/mol. The standard InChI is InChI=1S/C21H19FN6O3/c1-26-8-3-6-16(20(26)30)19(29)23-7-9-28-18-17(11-25-28)21(31)27(13-24-18)12-14-4-2-5-15(22)10-14/h2-6,8,10-11,13H,7,9,12H2,1H3,(H,23,29). The molecule has 1 aromatic carbocycles. The van der Waals surface area contributed by atoms with Gasteiger partial charge in [-0.05, 0) is 29.8 Å². The van der Waals surface area contributed by atoms with Crippen LogP contribution in [0.3, 0.4) is 0 Å². The Kier molecular flexibility index (Phi) is 5.44. The first kappa shape index (κ1) is 20.2. The third-order valence-corrected chi connectivity index (χ3v) is 4.84. The number of amides is 1. The molecule has 158 valence electrons. The van der Waals surface area contributed by atoms with Gasteiger partial charge in [-0.2, -0.15) is 5.10 Å². The van der Waals surface area contributed by atoms with E-state index in [2.05, 4.69) is 15.4 Å². The van der Waals surface area contributed by atoms with E-state index in [1.165, 1.54) is 44.5 Å². The number of aryl methyl sites for hydroxylation is 1. The summed E-state index contributed by atoms with van der Waals surface area (Å²) < 4.78 is 17.6. The first-order valence-electron chi connectivity index (χ1n) is 9.53. The van der Waals surface area contributed by atoms with Gasteiger partial charge in [-0.1, -0.05) is 12.1 Å². The topological polar surface area (TPSA) is 104 Å². The summed E-state index contributed by atoms with van der Waals surface area (Å²) in [6, 6.07) is 9.10. The molecule has 4 rings (SSSR count). The van der Waals surface area contributed by atoms with Crippen LogP contribution in [-0.4, -0.2) is 36.4 Å². The van der Waals surface area contributed by atoms with Crippen LogP contribution in [0.1, 0.15) is 15.9 Å². The number of nitrogens with one attached hydrogen (secondary N) is 1. The highest BCUT2D eigenvalue weighted by Gasteiger charge is 2.13. The Morgan fingerprint density at radius 1 is 1.16 bits per heavy atom. The fourth-order valence-corrected chi connectivity index (χ4v) is 3.25. The molecule has 0 atom stereocenters. The lowest BCUT2D eigenvalue weighted by molar-refractivity contribution is 0.0950. The van der Waals surface area contributed by atoms with Gasteiger partial charge in [-0.15, -0.1) is 0 Å². The number of fused-ring (bicyclic) bond motifs is 1. The molecule has 3 heterocycles. The largest absolute Gasteiger partial charge is 0.350 e. The Morgan fingerprint density at radius 3 is 2.81 bits per heavy atom. The molecule has 0 spiro atoms. The average Bonchev–Trinajstić information content (AvgIpc) is 3.16. The smallest absolute Gasteiger partial charge is 0.264 e. The van der Waals surface area contributed by atoms with Crippen LogP contribution in [0.2, 0.25) is 0 Å². The summed E-state index contributed by atoms with van der Waals surface area (Å²) >= 11 is 0. The minimum atomic E-state index is -0.483. The van der Waals surface area contributed by atoms with Gasteiger partial charge in [-0.3, -0.25) is 19.0 Å². The van der Waals surface area contributed by atoms with Crippen LogP contribution >= 0.6 is 0 Å². The van der Waals surface area contributed by atoms with E-state index < -0.39 is 5.91 Å². The van der Waals surface area contributed by atoms with Gasteiger partial charge in [0.05, 0.1) is 19.3 Å². The quantitative estimate of drug-likeness (QED) is 0.498. The number of hydrogen-bond donors (Lipinski definition) is 1. The summed E-state index contributed by atoms with van der Waals surface area (Å²) in [4.78, 5) is 41.3. The first-order chi connectivity index (χ1) is 14.9. The molecule has 0 saturated carbocycles. The molecule has 31 heavy (non-hydrogen) atoms. The van der Waals surface area contributed by atoms with Gasteiger partial charge in [0.25, 0.3) is 17.0 Å². The second-order valence-electron chi connectivity index (χ2n) is 7.01. The molecule has 1 N–H and O–H groups in total. The van der Waals surface area contributed by atoms with Gasteiger partial charge in [0.1, 0.15) is 23.1 Å². The van der Waals surface area contributed by atoms with Crippen molar-refractivity contribution in [3.8, 4) is 0 Å². The number of carbonyl (C=O) groups excluding carboxylic acids is 1. The van der Waals surface area contributed by atoms with Crippen LogP contribution in [0, 0.1) is 5.82 Å². The van der Waals surface area contributed by atoms with Crippen molar-refractivity contribution in [3.63, 3.8) is 0 Å². The summed E-state index contributed by atoms with van der Waals surface area (Å²) in [5.74, 6) is -0.856. The molecule has 3 aromatic heterocycles. The molecule has 1 amide bonds. The highest BCUT2D eigenvalue weighted by Crippen LogP contribution is 2.08. The maximum atomic E-state index is 13.4. The van der Waals surface area contributed by atoms with Gasteiger partial charge in [0.15, 0.2) is 5.65 Å². The van der Waals surface area contributed by atoms with Gasteiger partial charge < -0.3 is 9.88 Å². The van der Waals surface area contributed by atoms with Gasteiger partial charge in [0.2, 0.25) is 0 Å². The summed E-state index contributed by atoms with van der Waals surface area (Å²) in [6.07, 6.45) is 4.38. The number of aromatic nitrogens is 5. The molecule has 0 aliphatic carbocycles. The molecule has 0 aliphatic rings. The monoisotopic (exact) mass is 422 g/mol. The fraction of sp³-hybridized carbons (Fsp3) is 0.190. The number of pyridine rings is 1. The minimum absolute atomic E-state index is 0.0497. The molecular weight excluding hydrogens is 403 g/mol. The van der Waals surface area contributed by atoms with Crippen LogP contribution in [-0.2, 0) is 20.1 Å². The number of nitrogens with zero attached hydrogens (tertiary/aromatic N) is 5. The molecule has 0 bridgehead atoms. The van der Waals surface area contributed by atoms with Gasteiger partial charge in [0, 0.05) is 19.8 Å². The first-order valence-corrected chi connectivity index (χ1v) is 9.53. The van der Waals surface area contributed by atoms with E-state index >= 15 is 0 Å². The highest BCUT2D eigenvalue weighted by molar-refractivity contribution is 5.93. The van der Waals surface area contributed by atoms with E-state index in [1.807, 2.05) is 0 Å². The van der Waals surface area contributed by atoms with Crippen LogP contribution < -0.4 is 16.4 Å². The number of hydrogen-bond acceptors (Lipinski definition) is 5. The third-order valence-electron chi connectivity index (χ3n) is 4.84. The highest BCUT2D eigenvalue weighted by atomic mass is 19.1. The molecule has 0 aliphatic heterocycles. The van der Waals surface area contributed by atoms with Crippen LogP contribution in [0.15, 0.2) is 64.7 Å². The molecule has 10 heteroatoms. The molecular formula is C21H19FN6O3. The Hall–Kier alpha value is -4.08. The van der Waals surface area contributed by atoms with E-state index in [0.717, 1.165) is 0 Å². The van der Waals surface area contributed by atoms with E-state index in [0.29, 0.717) is 16.6 Å². The summed E-state index contributed by atoms with van der Waals surface area (Å²) in [6.45, 7) is 0.650. The van der Waals surface area contributed by atoms with Crippen molar-refractivity contribution in [2.75, 3.05) is 6.54 Å². The summed E-state index contributed by atoms with van der Waals surface area (Å²) in [5.41, 5.74) is 0.395. The van der Waals surface area contributed by atoms with Crippen molar-refractivity contribution < 1.29 is 9.18 Å². The van der Waals surface area contributed by atoms with E-state index in [-0.39, 0.29) is 42.1 Å². The summed E-state index contributed by atoms with van der Waals surface area (Å²) in [7, 11) is 1.57. The Morgan fingerprint density at radius 2 is 2.00 bits per heavy atom. The molecule has 0 unspecified atom stereocenters. The number of benzene rings is 1. The fourth-order valence-electron chi connectivity index (χ4n) is 3.25. The third kappa shape index (κ3) is 4.13. The van der Waals surface area contributed by atoms with Crippen molar-refractivity contribution in [3.05, 3.63) is 92.8 Å². The van der Waals surface area contributed by atoms with Crippen molar-refractivity contribution in [2.24, 2.45) is 7.05 Å². The van der Waals surface area contributed by atoms with E-state index in [1.54, 1.807) is 31.4 Å². The predicted molar refractivity (Wildman–Crippen MR) is 111 cm³/mol. The molecule has 0 saturated heterocycles. The van der Waals surface area contributed by atoms with Crippen LogP contribution in [0.25, 0.3) is 11.0 Å². The predicted octanol–water partition coefficient (Wildman–Crippen LogP) is 0.909. The van der Waals surface area contributed by atoms with Gasteiger partial charge >= 0.3 is 0 Å². The van der Waals surface area contributed by atoms with E-state index in [4.69, 9.17) is 0 Å². The number of halogens is 1. The maximum absolute atomic E-state index is 13.4. The second-order valence-corrected chi connectivity index (χ2v) is 7.01. The lowest BCUT2D eigenvalue weighted by atomic mass is 10.2. The second kappa shape index (κ2) is 8.34. The maximum Gasteiger partial charge on any atom is 0.264 e. The molecule has 9 nitrogen and oxygen atoms in total. The zero-order valence-electron chi connectivity index (χ0n) is 16.7. The Labute approximate surface area is 175 Å². The van der Waals surface area contributed by atoms with Crippen molar-refractivity contribution >= 4 is 16.9 Å². The van der Waals surface area contributed by atoms with Crippen molar-refractivity contribution in [2.45, 2.75) is 13.1 Å². The summed E-state index contributed by atoms with van der Waals surface area (Å²) in [5, 5.41) is 7.18. The van der Waals surface area contributed by atoms with Crippen molar-refractivity contribution in [1.82, 2.24) is 29.2 Å². The lowest BCUT2D eigenvalue weighted by Gasteiger charge is -2.08. The lowest BCUT2D eigenvalue weighted by Crippen LogP contribution is -2.33. The normalized spacial score (nSPS) is 11.0. The molecule has 0 fully saturated rings. The van der Waals surface area contributed by atoms with Gasteiger partial charge in [-0.25, -0.2) is 14.1 Å². The Balaban J connectivity index is 1.47. The number of carbonyl (C=O) groups is 1. The van der Waals surface area contributed by atoms with E-state index in [9.17, 15) is 18.8 Å².